The van der Waals surface area contributed by atoms with Crippen molar-refractivity contribution in [3.8, 4) is 22.7 Å². The first-order chi connectivity index (χ1) is 15.2. The quantitative estimate of drug-likeness (QED) is 0.379. The Morgan fingerprint density at radius 3 is 2.71 bits per heavy atom. The lowest BCUT2D eigenvalue weighted by Crippen LogP contribution is -2.40. The van der Waals surface area contributed by atoms with Crippen LogP contribution < -0.4 is 10.3 Å². The number of hydrogen-bond acceptors (Lipinski definition) is 4. The van der Waals surface area contributed by atoms with Crippen LogP contribution in [0.4, 0.5) is 0 Å². The van der Waals surface area contributed by atoms with Gasteiger partial charge >= 0.3 is 0 Å². The number of benzene rings is 2. The van der Waals surface area contributed by atoms with Crippen molar-refractivity contribution < 1.29 is 4.74 Å². The number of ether oxygens (including phenoxy) is 1. The first-order valence-electron chi connectivity index (χ1n) is 11.2. The molecule has 0 radical (unpaired) electrons. The van der Waals surface area contributed by atoms with Gasteiger partial charge in [0, 0.05) is 22.8 Å². The maximum atomic E-state index is 14.2. The molecule has 1 spiro atoms. The summed E-state index contributed by atoms with van der Waals surface area (Å²) in [6.07, 6.45) is 6.43. The van der Waals surface area contributed by atoms with Gasteiger partial charge in [0.05, 0.1) is 24.1 Å². The highest BCUT2D eigenvalue weighted by molar-refractivity contribution is 7.99. The van der Waals surface area contributed by atoms with E-state index in [0.717, 1.165) is 64.9 Å². The molecule has 1 aromatic heterocycles. The fourth-order valence-corrected chi connectivity index (χ4v) is 6.14. The van der Waals surface area contributed by atoms with Gasteiger partial charge in [-0.1, -0.05) is 61.9 Å². The molecule has 2 aliphatic rings. The molecule has 0 atom stereocenters. The van der Waals surface area contributed by atoms with E-state index in [0.29, 0.717) is 0 Å². The third-order valence-electron chi connectivity index (χ3n) is 6.69. The molecule has 0 unspecified atom stereocenters. The van der Waals surface area contributed by atoms with Crippen LogP contribution in [0.3, 0.4) is 0 Å². The maximum absolute atomic E-state index is 14.2. The van der Waals surface area contributed by atoms with Gasteiger partial charge in [-0.05, 0) is 43.4 Å². The molecule has 5 heteroatoms. The van der Waals surface area contributed by atoms with Crippen molar-refractivity contribution in [3.63, 3.8) is 0 Å². The second-order valence-electron chi connectivity index (χ2n) is 8.63. The monoisotopic (exact) mass is 432 g/mol. The first-order valence-corrected chi connectivity index (χ1v) is 12.2. The molecular weight excluding hydrogens is 404 g/mol. The summed E-state index contributed by atoms with van der Waals surface area (Å²) in [5.74, 6) is 1.66. The molecule has 2 aliphatic carbocycles. The van der Waals surface area contributed by atoms with E-state index in [2.05, 4.69) is 31.2 Å². The number of rotatable bonds is 5. The smallest absolute Gasteiger partial charge is 0.263 e. The predicted molar refractivity (Wildman–Crippen MR) is 127 cm³/mol. The topological polar surface area (TPSA) is 44.1 Å². The highest BCUT2D eigenvalue weighted by Crippen LogP contribution is 2.50. The Labute approximate surface area is 187 Å². The summed E-state index contributed by atoms with van der Waals surface area (Å²) in [6, 6.07) is 16.3. The predicted octanol–water partition coefficient (Wildman–Crippen LogP) is 5.78. The molecule has 1 heterocycles. The minimum absolute atomic E-state index is 0.0910. The number of thioether (sulfide) groups is 1. The Morgan fingerprint density at radius 2 is 1.94 bits per heavy atom. The third kappa shape index (κ3) is 3.39. The Bertz CT molecular complexity index is 1180. The molecular formula is C26H28N2O2S. The van der Waals surface area contributed by atoms with E-state index in [-0.39, 0.29) is 11.0 Å². The van der Waals surface area contributed by atoms with Crippen LogP contribution in [-0.4, -0.2) is 22.4 Å². The lowest BCUT2D eigenvalue weighted by molar-refractivity contribution is 0.413. The SMILES string of the molecule is CCCSc1nc2c(c(=O)n1-c1cccc(OC)c1)C1(CCCC1)Cc1ccccc1-2. The van der Waals surface area contributed by atoms with Crippen molar-refractivity contribution in [2.75, 3.05) is 12.9 Å². The Hall–Kier alpha value is -2.53. The maximum Gasteiger partial charge on any atom is 0.263 e. The molecule has 0 bridgehead atoms. The van der Waals surface area contributed by atoms with E-state index in [1.165, 1.54) is 18.4 Å². The van der Waals surface area contributed by atoms with Crippen molar-refractivity contribution in [2.45, 2.75) is 56.0 Å². The Balaban J connectivity index is 1.82. The lowest BCUT2D eigenvalue weighted by atomic mass is 9.68. The average molecular weight is 433 g/mol. The van der Waals surface area contributed by atoms with Crippen LogP contribution in [-0.2, 0) is 11.8 Å². The molecule has 160 valence electrons. The number of fused-ring (bicyclic) bond motifs is 4. The average Bonchev–Trinajstić information content (AvgIpc) is 3.25. The molecule has 1 saturated carbocycles. The van der Waals surface area contributed by atoms with Gasteiger partial charge in [-0.25, -0.2) is 4.98 Å². The number of hydrogen-bond donors (Lipinski definition) is 0. The van der Waals surface area contributed by atoms with Gasteiger partial charge in [0.15, 0.2) is 5.16 Å². The molecule has 1 fully saturated rings. The van der Waals surface area contributed by atoms with E-state index < -0.39 is 0 Å². The summed E-state index contributed by atoms with van der Waals surface area (Å²) in [6.45, 7) is 2.15. The highest BCUT2D eigenvalue weighted by atomic mass is 32.2. The summed E-state index contributed by atoms with van der Waals surface area (Å²) in [7, 11) is 1.66. The first kappa shape index (κ1) is 20.4. The molecule has 31 heavy (non-hydrogen) atoms. The van der Waals surface area contributed by atoms with Gasteiger partial charge in [-0.2, -0.15) is 0 Å². The fraction of sp³-hybridized carbons (Fsp3) is 0.385. The summed E-state index contributed by atoms with van der Waals surface area (Å²) in [4.78, 5) is 19.4. The van der Waals surface area contributed by atoms with Crippen LogP contribution in [0.2, 0.25) is 0 Å². The number of aromatic nitrogens is 2. The summed E-state index contributed by atoms with van der Waals surface area (Å²) < 4.78 is 7.28. The van der Waals surface area contributed by atoms with Gasteiger partial charge in [0.25, 0.3) is 5.56 Å². The van der Waals surface area contributed by atoms with Crippen molar-refractivity contribution in [2.24, 2.45) is 0 Å². The zero-order chi connectivity index (χ0) is 21.4. The third-order valence-corrected chi connectivity index (χ3v) is 7.84. The summed E-state index contributed by atoms with van der Waals surface area (Å²) in [5, 5.41) is 0.767. The van der Waals surface area contributed by atoms with Crippen molar-refractivity contribution in [1.29, 1.82) is 0 Å². The fourth-order valence-electron chi connectivity index (χ4n) is 5.28. The molecule has 2 aromatic carbocycles. The van der Waals surface area contributed by atoms with Crippen molar-refractivity contribution in [3.05, 3.63) is 70.0 Å². The molecule has 3 aromatic rings. The van der Waals surface area contributed by atoms with Gasteiger partial charge in [0.2, 0.25) is 0 Å². The van der Waals surface area contributed by atoms with Crippen LogP contribution in [0.1, 0.15) is 50.2 Å². The van der Waals surface area contributed by atoms with Gasteiger partial charge in [0.1, 0.15) is 5.75 Å². The Morgan fingerprint density at radius 1 is 1.13 bits per heavy atom. The van der Waals surface area contributed by atoms with Gasteiger partial charge < -0.3 is 4.74 Å². The van der Waals surface area contributed by atoms with Crippen LogP contribution in [0.15, 0.2) is 58.5 Å². The standard InChI is InChI=1S/C26H28N2O2S/c1-3-15-31-25-27-23-21-12-5-4-9-18(21)17-26(13-6-7-14-26)22(23)24(29)28(25)19-10-8-11-20(16-19)30-2/h4-5,8-12,16H,3,6-7,13-15,17H2,1-2H3. The largest absolute Gasteiger partial charge is 0.497 e. The number of methoxy groups -OCH3 is 1. The highest BCUT2D eigenvalue weighted by Gasteiger charge is 2.44. The molecule has 0 saturated heterocycles. The number of nitrogens with zero attached hydrogens (tertiary/aromatic N) is 2. The van der Waals surface area contributed by atoms with Crippen LogP contribution in [0.5, 0.6) is 5.75 Å². The summed E-state index contributed by atoms with van der Waals surface area (Å²) in [5.41, 5.74) is 5.11. The molecule has 0 N–H and O–H groups in total. The van der Waals surface area contributed by atoms with E-state index in [1.54, 1.807) is 18.9 Å². The lowest BCUT2D eigenvalue weighted by Gasteiger charge is -2.36. The van der Waals surface area contributed by atoms with Crippen LogP contribution >= 0.6 is 11.8 Å². The molecule has 4 nitrogen and oxygen atoms in total. The van der Waals surface area contributed by atoms with Crippen LogP contribution in [0, 0.1) is 0 Å². The zero-order valence-electron chi connectivity index (χ0n) is 18.2. The molecule has 5 rings (SSSR count). The Kier molecular flexibility index (Phi) is 5.39. The van der Waals surface area contributed by atoms with Crippen LogP contribution in [0.25, 0.3) is 16.9 Å². The summed E-state index contributed by atoms with van der Waals surface area (Å²) >= 11 is 1.66. The van der Waals surface area contributed by atoms with Gasteiger partial charge in [-0.3, -0.25) is 9.36 Å². The normalized spacial score (nSPS) is 16.2. The van der Waals surface area contributed by atoms with E-state index >= 15 is 0 Å². The van der Waals surface area contributed by atoms with Gasteiger partial charge in [-0.15, -0.1) is 0 Å². The molecule has 0 aliphatic heterocycles. The van der Waals surface area contributed by atoms with Crippen molar-refractivity contribution in [1.82, 2.24) is 9.55 Å². The van der Waals surface area contributed by atoms with E-state index in [4.69, 9.17) is 9.72 Å². The second-order valence-corrected chi connectivity index (χ2v) is 9.69. The van der Waals surface area contributed by atoms with Crippen molar-refractivity contribution >= 4 is 11.8 Å². The second kappa shape index (κ2) is 8.19. The zero-order valence-corrected chi connectivity index (χ0v) is 19.0. The van der Waals surface area contributed by atoms with E-state index in [1.807, 2.05) is 28.8 Å². The minimum Gasteiger partial charge on any atom is -0.497 e. The minimum atomic E-state index is -0.0949. The van der Waals surface area contributed by atoms with E-state index in [9.17, 15) is 4.79 Å². The molecule has 0 amide bonds.